The molecule has 2 aromatic heterocycles. The minimum Gasteiger partial charge on any atom is -0.490 e. The molecule has 0 N–H and O–H groups in total. The van der Waals surface area contributed by atoms with Gasteiger partial charge in [-0.2, -0.15) is 5.10 Å². The average Bonchev–Trinajstić information content (AvgIpc) is 3.67. The SMILES string of the molecule is Cc1cc2cc(C(=O)N3CC(c4cc5c(c(-c6ccc(F)cc6)n4)OCC5C)C3F)cc(OC3CC3)c2nn1. The Bertz CT molecular complexity index is 1620. The lowest BCUT2D eigenvalue weighted by Gasteiger charge is -2.43. The summed E-state index contributed by atoms with van der Waals surface area (Å²) in [5.41, 5.74) is 4.43. The predicted octanol–water partition coefficient (Wildman–Crippen LogP) is 5.71. The predicted molar refractivity (Wildman–Crippen MR) is 140 cm³/mol. The highest BCUT2D eigenvalue weighted by atomic mass is 19.1. The maximum atomic E-state index is 15.7. The molecule has 2 aliphatic heterocycles. The molecule has 7 nitrogen and oxygen atoms in total. The standard InChI is InChI=1S/C30H26F2N4O3/c1-15-14-38-28-22(15)12-24(33-27(28)17-3-5-20(31)6-4-17)23-13-36(29(23)32)30(37)19-10-18-9-16(2)34-35-26(18)25(11-19)39-21-7-8-21/h3-6,9-12,15,21,23,29H,7-8,13-14H2,1-2H3. The molecule has 2 aromatic carbocycles. The van der Waals surface area contributed by atoms with Gasteiger partial charge in [0.1, 0.15) is 28.5 Å². The molecule has 0 spiro atoms. The third-order valence-corrected chi connectivity index (χ3v) is 7.65. The maximum Gasteiger partial charge on any atom is 0.256 e. The molecular formula is C30H26F2N4O3. The lowest BCUT2D eigenvalue weighted by molar-refractivity contribution is -0.0197. The van der Waals surface area contributed by atoms with Crippen LogP contribution in [0.3, 0.4) is 0 Å². The van der Waals surface area contributed by atoms with E-state index in [2.05, 4.69) is 10.2 Å². The zero-order valence-corrected chi connectivity index (χ0v) is 21.5. The van der Waals surface area contributed by atoms with Crippen LogP contribution in [0.1, 0.15) is 58.9 Å². The number of halogens is 2. The van der Waals surface area contributed by atoms with Gasteiger partial charge in [-0.05, 0) is 68.3 Å². The molecular weight excluding hydrogens is 502 g/mol. The van der Waals surface area contributed by atoms with Gasteiger partial charge in [-0.1, -0.05) is 6.92 Å². The molecule has 39 heavy (non-hydrogen) atoms. The molecule has 0 radical (unpaired) electrons. The van der Waals surface area contributed by atoms with Crippen molar-refractivity contribution in [2.24, 2.45) is 0 Å². The van der Waals surface area contributed by atoms with Gasteiger partial charge in [-0.3, -0.25) is 4.79 Å². The summed E-state index contributed by atoms with van der Waals surface area (Å²) in [6.07, 6.45) is 0.479. The summed E-state index contributed by atoms with van der Waals surface area (Å²) in [5, 5.41) is 9.13. The molecule has 2 fully saturated rings. The smallest absolute Gasteiger partial charge is 0.256 e. The molecule has 1 saturated carbocycles. The fraction of sp³-hybridized carbons (Fsp3) is 0.333. The summed E-state index contributed by atoms with van der Waals surface area (Å²) in [6.45, 7) is 4.56. The summed E-state index contributed by atoms with van der Waals surface area (Å²) in [7, 11) is 0. The minimum absolute atomic E-state index is 0.108. The average molecular weight is 529 g/mol. The Morgan fingerprint density at radius 3 is 2.64 bits per heavy atom. The molecule has 1 amide bonds. The third kappa shape index (κ3) is 4.16. The zero-order chi connectivity index (χ0) is 26.8. The van der Waals surface area contributed by atoms with E-state index in [-0.39, 0.29) is 24.4 Å². The Balaban J connectivity index is 1.19. The summed E-state index contributed by atoms with van der Waals surface area (Å²) in [4.78, 5) is 19.5. The molecule has 3 unspecified atom stereocenters. The first kappa shape index (κ1) is 23.9. The van der Waals surface area contributed by atoms with E-state index in [1.54, 1.807) is 24.3 Å². The highest BCUT2D eigenvalue weighted by Crippen LogP contribution is 2.45. The van der Waals surface area contributed by atoms with Crippen LogP contribution in [0.15, 0.2) is 48.5 Å². The molecule has 9 heteroatoms. The van der Waals surface area contributed by atoms with Gasteiger partial charge in [-0.25, -0.2) is 13.8 Å². The molecule has 1 saturated heterocycles. The summed E-state index contributed by atoms with van der Waals surface area (Å²) < 4.78 is 41.2. The molecule has 0 bridgehead atoms. The van der Waals surface area contributed by atoms with Crippen LogP contribution in [0.4, 0.5) is 8.78 Å². The Hall–Kier alpha value is -4.14. The Morgan fingerprint density at radius 2 is 1.90 bits per heavy atom. The molecule has 4 heterocycles. The molecule has 7 rings (SSSR count). The van der Waals surface area contributed by atoms with Crippen LogP contribution in [0.25, 0.3) is 22.2 Å². The number of aromatic nitrogens is 3. The number of benzene rings is 2. The third-order valence-electron chi connectivity index (χ3n) is 7.65. The number of carbonyl (C=O) groups excluding carboxylic acids is 1. The number of hydrogen-bond donors (Lipinski definition) is 0. The van der Waals surface area contributed by atoms with Crippen LogP contribution >= 0.6 is 0 Å². The van der Waals surface area contributed by atoms with Crippen LogP contribution in [0.2, 0.25) is 0 Å². The van der Waals surface area contributed by atoms with E-state index in [9.17, 15) is 9.18 Å². The van der Waals surface area contributed by atoms with Gasteiger partial charge < -0.3 is 14.4 Å². The van der Waals surface area contributed by atoms with Gasteiger partial charge in [-0.15, -0.1) is 5.10 Å². The van der Waals surface area contributed by atoms with Gasteiger partial charge in [0.15, 0.2) is 6.30 Å². The molecule has 3 atom stereocenters. The normalized spacial score (nSPS) is 21.8. The van der Waals surface area contributed by atoms with E-state index >= 15 is 4.39 Å². The molecule has 198 valence electrons. The quantitative estimate of drug-likeness (QED) is 0.309. The van der Waals surface area contributed by atoms with Crippen molar-refractivity contribution in [3.63, 3.8) is 0 Å². The first-order valence-electron chi connectivity index (χ1n) is 13.2. The van der Waals surface area contributed by atoms with Gasteiger partial charge >= 0.3 is 0 Å². The van der Waals surface area contributed by atoms with E-state index in [1.807, 2.05) is 26.0 Å². The van der Waals surface area contributed by atoms with Crippen molar-refractivity contribution >= 4 is 16.8 Å². The molecule has 4 aromatic rings. The Morgan fingerprint density at radius 1 is 1.10 bits per heavy atom. The van der Waals surface area contributed by atoms with Gasteiger partial charge in [0.25, 0.3) is 5.91 Å². The largest absolute Gasteiger partial charge is 0.490 e. The van der Waals surface area contributed by atoms with Crippen LogP contribution in [-0.4, -0.2) is 51.5 Å². The van der Waals surface area contributed by atoms with Crippen molar-refractivity contribution in [2.75, 3.05) is 13.2 Å². The van der Waals surface area contributed by atoms with E-state index < -0.39 is 18.1 Å². The van der Waals surface area contributed by atoms with Crippen molar-refractivity contribution in [2.45, 2.75) is 50.9 Å². The fourth-order valence-electron chi connectivity index (χ4n) is 5.26. The second-order valence-corrected chi connectivity index (χ2v) is 10.7. The number of rotatable bonds is 5. The fourth-order valence-corrected chi connectivity index (χ4v) is 5.26. The summed E-state index contributed by atoms with van der Waals surface area (Å²) >= 11 is 0. The Kier molecular flexibility index (Phi) is 5.50. The topological polar surface area (TPSA) is 77.4 Å². The van der Waals surface area contributed by atoms with Crippen LogP contribution in [0.5, 0.6) is 11.5 Å². The van der Waals surface area contributed by atoms with E-state index in [4.69, 9.17) is 14.5 Å². The zero-order valence-electron chi connectivity index (χ0n) is 21.5. The molecule has 1 aliphatic carbocycles. The van der Waals surface area contributed by atoms with Gasteiger partial charge in [0, 0.05) is 34.5 Å². The number of amides is 1. The van der Waals surface area contributed by atoms with Crippen molar-refractivity contribution in [3.05, 3.63) is 76.9 Å². The first-order chi connectivity index (χ1) is 18.9. The minimum atomic E-state index is -1.54. The lowest BCUT2D eigenvalue weighted by atomic mass is 9.89. The number of fused-ring (bicyclic) bond motifs is 2. The number of aryl methyl sites for hydroxylation is 1. The number of carbonyl (C=O) groups is 1. The highest BCUT2D eigenvalue weighted by Gasteiger charge is 2.45. The lowest BCUT2D eigenvalue weighted by Crippen LogP contribution is -2.55. The highest BCUT2D eigenvalue weighted by molar-refractivity contribution is 6.00. The number of alkyl halides is 1. The number of pyridine rings is 1. The van der Waals surface area contributed by atoms with Crippen molar-refractivity contribution in [1.29, 1.82) is 0 Å². The van der Waals surface area contributed by atoms with Crippen molar-refractivity contribution in [3.8, 4) is 22.8 Å². The second kappa shape index (κ2) is 8.97. The second-order valence-electron chi connectivity index (χ2n) is 10.7. The first-order valence-corrected chi connectivity index (χ1v) is 13.2. The number of hydrogen-bond acceptors (Lipinski definition) is 6. The number of nitrogens with zero attached hydrogens (tertiary/aromatic N) is 4. The number of likely N-dealkylation sites (tertiary alicyclic amines) is 1. The maximum absolute atomic E-state index is 15.7. The van der Waals surface area contributed by atoms with Gasteiger partial charge in [0.05, 0.1) is 30.0 Å². The monoisotopic (exact) mass is 528 g/mol. The molecule has 3 aliphatic rings. The van der Waals surface area contributed by atoms with Gasteiger partial charge in [0.2, 0.25) is 0 Å². The van der Waals surface area contributed by atoms with Crippen molar-refractivity contribution < 1.29 is 23.0 Å². The summed E-state index contributed by atoms with van der Waals surface area (Å²) in [5.74, 6) is -0.0746. The van der Waals surface area contributed by atoms with Crippen molar-refractivity contribution in [1.82, 2.24) is 20.1 Å². The van der Waals surface area contributed by atoms with E-state index in [1.165, 1.54) is 17.0 Å². The van der Waals surface area contributed by atoms with E-state index in [0.717, 1.165) is 29.5 Å². The van der Waals surface area contributed by atoms with Crippen LogP contribution < -0.4 is 9.47 Å². The Labute approximate surface area is 223 Å². The summed E-state index contributed by atoms with van der Waals surface area (Å²) in [6, 6.07) is 13.1. The van der Waals surface area contributed by atoms with Crippen LogP contribution in [-0.2, 0) is 0 Å². The van der Waals surface area contributed by atoms with Crippen LogP contribution in [0, 0.1) is 12.7 Å². The van der Waals surface area contributed by atoms with E-state index in [0.29, 0.717) is 46.1 Å². The number of ether oxygens (including phenoxy) is 2.